The lowest BCUT2D eigenvalue weighted by Crippen LogP contribution is -2.46. The van der Waals surface area contributed by atoms with Gasteiger partial charge in [-0.25, -0.2) is 9.48 Å². The highest BCUT2D eigenvalue weighted by molar-refractivity contribution is 5.76. The standard InChI is InChI=1S/C20H24N2O4/c1-3-11-20(2,19(24)25)22-18(23)12-15(13-21-22)26-17-10-6-8-14-7-4-5-9-16(14)17/h6,8,10,12-13H,3-5,7,9,11H2,1-2H3,(H,24,25). The van der Waals surface area contributed by atoms with Crippen LogP contribution in [0.15, 0.2) is 35.3 Å². The molecule has 6 nitrogen and oxygen atoms in total. The highest BCUT2D eigenvalue weighted by Gasteiger charge is 2.36. The van der Waals surface area contributed by atoms with Crippen molar-refractivity contribution < 1.29 is 14.6 Å². The minimum atomic E-state index is -1.36. The lowest BCUT2D eigenvalue weighted by Gasteiger charge is -2.25. The normalized spacial score (nSPS) is 15.8. The molecular weight excluding hydrogens is 332 g/mol. The fraction of sp³-hybridized carbons (Fsp3) is 0.450. The maximum atomic E-state index is 12.5. The maximum Gasteiger partial charge on any atom is 0.331 e. The van der Waals surface area contributed by atoms with E-state index in [-0.39, 0.29) is 0 Å². The summed E-state index contributed by atoms with van der Waals surface area (Å²) in [7, 11) is 0. The number of hydrogen-bond donors (Lipinski definition) is 1. The third kappa shape index (κ3) is 3.36. The van der Waals surface area contributed by atoms with Crippen molar-refractivity contribution in [3.05, 3.63) is 51.9 Å². The molecule has 3 rings (SSSR count). The zero-order chi connectivity index (χ0) is 18.7. The largest absolute Gasteiger partial charge is 0.479 e. The van der Waals surface area contributed by atoms with Crippen LogP contribution in [-0.2, 0) is 23.2 Å². The molecule has 0 amide bonds. The zero-order valence-corrected chi connectivity index (χ0v) is 15.2. The molecular formula is C20H24N2O4. The quantitative estimate of drug-likeness (QED) is 0.856. The Labute approximate surface area is 152 Å². The summed E-state index contributed by atoms with van der Waals surface area (Å²) in [5.74, 6) is 0.00455. The van der Waals surface area contributed by atoms with Gasteiger partial charge in [0.25, 0.3) is 5.56 Å². The molecule has 0 spiro atoms. The molecule has 0 bridgehead atoms. The Morgan fingerprint density at radius 1 is 1.35 bits per heavy atom. The van der Waals surface area contributed by atoms with Gasteiger partial charge in [-0.1, -0.05) is 25.5 Å². The van der Waals surface area contributed by atoms with Gasteiger partial charge in [-0.05, 0) is 56.2 Å². The zero-order valence-electron chi connectivity index (χ0n) is 15.2. The first-order valence-electron chi connectivity index (χ1n) is 9.07. The van der Waals surface area contributed by atoms with Crippen LogP contribution in [0.1, 0.15) is 50.7 Å². The summed E-state index contributed by atoms with van der Waals surface area (Å²) in [6, 6.07) is 7.28. The molecule has 0 fully saturated rings. The summed E-state index contributed by atoms with van der Waals surface area (Å²) in [5.41, 5.74) is 0.627. The Morgan fingerprint density at radius 2 is 2.12 bits per heavy atom. The second kappa shape index (κ2) is 7.32. The summed E-state index contributed by atoms with van der Waals surface area (Å²) >= 11 is 0. The second-order valence-electron chi connectivity index (χ2n) is 6.97. The number of aryl methyl sites for hydroxylation is 1. The van der Waals surface area contributed by atoms with Crippen molar-refractivity contribution in [3.63, 3.8) is 0 Å². The Bertz CT molecular complexity index is 874. The number of benzene rings is 1. The molecule has 6 heteroatoms. The van der Waals surface area contributed by atoms with Gasteiger partial charge in [0.05, 0.1) is 6.20 Å². The van der Waals surface area contributed by atoms with Crippen molar-refractivity contribution in [2.24, 2.45) is 0 Å². The SMILES string of the molecule is CCCC(C)(C(=O)O)n1ncc(Oc2cccc3c2CCCC3)cc1=O. The number of fused-ring (bicyclic) bond motifs is 1. The molecule has 1 atom stereocenters. The van der Waals surface area contributed by atoms with Gasteiger partial charge in [-0.3, -0.25) is 4.79 Å². The van der Waals surface area contributed by atoms with Crippen LogP contribution in [0.3, 0.4) is 0 Å². The number of carboxylic acid groups (broad SMARTS) is 1. The maximum absolute atomic E-state index is 12.5. The van der Waals surface area contributed by atoms with E-state index in [1.807, 2.05) is 19.1 Å². The highest BCUT2D eigenvalue weighted by Crippen LogP contribution is 2.32. The Hall–Kier alpha value is -2.63. The smallest absolute Gasteiger partial charge is 0.331 e. The van der Waals surface area contributed by atoms with Gasteiger partial charge in [0.1, 0.15) is 5.75 Å². The van der Waals surface area contributed by atoms with Crippen LogP contribution in [-0.4, -0.2) is 20.9 Å². The van der Waals surface area contributed by atoms with Gasteiger partial charge < -0.3 is 9.84 Å². The van der Waals surface area contributed by atoms with Crippen LogP contribution in [0.2, 0.25) is 0 Å². The molecule has 1 N–H and O–H groups in total. The van der Waals surface area contributed by atoms with E-state index in [0.717, 1.165) is 29.7 Å². The van der Waals surface area contributed by atoms with Gasteiger partial charge in [0, 0.05) is 6.07 Å². The summed E-state index contributed by atoms with van der Waals surface area (Å²) < 4.78 is 6.96. The van der Waals surface area contributed by atoms with Crippen molar-refractivity contribution in [1.82, 2.24) is 9.78 Å². The third-order valence-corrected chi connectivity index (χ3v) is 5.02. The van der Waals surface area contributed by atoms with Crippen molar-refractivity contribution in [1.29, 1.82) is 0 Å². The first kappa shape index (κ1) is 18.2. The number of aromatic nitrogens is 2. The van der Waals surface area contributed by atoms with Crippen molar-refractivity contribution in [2.45, 2.75) is 57.9 Å². The molecule has 138 valence electrons. The number of carboxylic acids is 1. The van der Waals surface area contributed by atoms with Crippen LogP contribution >= 0.6 is 0 Å². The van der Waals surface area contributed by atoms with E-state index >= 15 is 0 Å². The highest BCUT2D eigenvalue weighted by atomic mass is 16.5. The van der Waals surface area contributed by atoms with E-state index in [4.69, 9.17) is 4.74 Å². The molecule has 1 unspecified atom stereocenters. The Kier molecular flexibility index (Phi) is 5.11. The van der Waals surface area contributed by atoms with Gasteiger partial charge in [-0.15, -0.1) is 0 Å². The van der Waals surface area contributed by atoms with Crippen LogP contribution in [0, 0.1) is 0 Å². The third-order valence-electron chi connectivity index (χ3n) is 5.02. The Morgan fingerprint density at radius 3 is 2.81 bits per heavy atom. The summed E-state index contributed by atoms with van der Waals surface area (Å²) in [5, 5.41) is 13.6. The number of nitrogens with zero attached hydrogens (tertiary/aromatic N) is 2. The fourth-order valence-corrected chi connectivity index (χ4v) is 3.58. The van der Waals surface area contributed by atoms with Gasteiger partial charge >= 0.3 is 5.97 Å². The van der Waals surface area contributed by atoms with Gasteiger partial charge in [0.15, 0.2) is 11.3 Å². The van der Waals surface area contributed by atoms with Crippen LogP contribution < -0.4 is 10.3 Å². The molecule has 2 aromatic rings. The molecule has 0 saturated carbocycles. The molecule has 0 aliphatic heterocycles. The van der Waals surface area contributed by atoms with E-state index in [0.29, 0.717) is 18.6 Å². The van der Waals surface area contributed by atoms with Gasteiger partial charge in [0.2, 0.25) is 0 Å². The number of hydrogen-bond acceptors (Lipinski definition) is 4. The van der Waals surface area contributed by atoms with Crippen molar-refractivity contribution in [2.75, 3.05) is 0 Å². The number of aliphatic carboxylic acids is 1. The monoisotopic (exact) mass is 356 g/mol. The molecule has 26 heavy (non-hydrogen) atoms. The predicted octanol–water partition coefficient (Wildman–Crippen LogP) is 3.51. The second-order valence-corrected chi connectivity index (χ2v) is 6.97. The first-order chi connectivity index (χ1) is 12.5. The summed E-state index contributed by atoms with van der Waals surface area (Å²) in [6.07, 6.45) is 6.68. The number of rotatable bonds is 6. The van der Waals surface area contributed by atoms with Crippen molar-refractivity contribution in [3.8, 4) is 11.5 Å². The molecule has 0 saturated heterocycles. The molecule has 1 aromatic heterocycles. The van der Waals surface area contributed by atoms with E-state index < -0.39 is 17.1 Å². The minimum Gasteiger partial charge on any atom is -0.479 e. The summed E-state index contributed by atoms with van der Waals surface area (Å²) in [4.78, 5) is 24.2. The first-order valence-corrected chi connectivity index (χ1v) is 9.07. The molecule has 1 aliphatic carbocycles. The average molecular weight is 356 g/mol. The predicted molar refractivity (Wildman–Crippen MR) is 97.8 cm³/mol. The van der Waals surface area contributed by atoms with E-state index in [1.54, 1.807) is 0 Å². The molecule has 0 radical (unpaired) electrons. The fourth-order valence-electron chi connectivity index (χ4n) is 3.58. The molecule has 1 aliphatic rings. The van der Waals surface area contributed by atoms with Crippen molar-refractivity contribution >= 4 is 5.97 Å². The number of carbonyl (C=O) groups is 1. The van der Waals surface area contributed by atoms with E-state index in [1.165, 1.54) is 36.7 Å². The summed E-state index contributed by atoms with van der Waals surface area (Å²) in [6.45, 7) is 3.39. The minimum absolute atomic E-state index is 0.321. The molecule has 1 aromatic carbocycles. The Balaban J connectivity index is 1.92. The van der Waals surface area contributed by atoms with Gasteiger partial charge in [-0.2, -0.15) is 5.10 Å². The lowest BCUT2D eigenvalue weighted by atomic mass is 9.91. The van der Waals surface area contributed by atoms with E-state index in [2.05, 4.69) is 11.2 Å². The van der Waals surface area contributed by atoms with Crippen LogP contribution in [0.25, 0.3) is 0 Å². The number of ether oxygens (including phenoxy) is 1. The van der Waals surface area contributed by atoms with Crippen LogP contribution in [0.5, 0.6) is 11.5 Å². The topological polar surface area (TPSA) is 81.4 Å². The van der Waals surface area contributed by atoms with Crippen LogP contribution in [0.4, 0.5) is 0 Å². The lowest BCUT2D eigenvalue weighted by molar-refractivity contribution is -0.147. The van der Waals surface area contributed by atoms with E-state index in [9.17, 15) is 14.7 Å². The average Bonchev–Trinajstić information content (AvgIpc) is 2.62. The molecule has 1 heterocycles.